The highest BCUT2D eigenvalue weighted by molar-refractivity contribution is 5.99. The average molecular weight is 411 g/mol. The van der Waals surface area contributed by atoms with E-state index in [1.54, 1.807) is 28.9 Å². The van der Waals surface area contributed by atoms with Crippen LogP contribution in [0, 0.1) is 17.6 Å². The lowest BCUT2D eigenvalue weighted by atomic mass is 10.0. The third-order valence-corrected chi connectivity index (χ3v) is 5.13. The number of aryl methyl sites for hydroxylation is 1. The van der Waals surface area contributed by atoms with Crippen LogP contribution in [0.5, 0.6) is 0 Å². The van der Waals surface area contributed by atoms with Gasteiger partial charge in [-0.25, -0.2) is 13.8 Å². The van der Waals surface area contributed by atoms with Crippen LogP contribution < -0.4 is 5.32 Å². The van der Waals surface area contributed by atoms with E-state index in [0.29, 0.717) is 43.4 Å². The number of halogens is 2. The molecule has 6 nitrogen and oxygen atoms in total. The van der Waals surface area contributed by atoms with Crippen molar-refractivity contribution in [1.82, 2.24) is 19.7 Å². The summed E-state index contributed by atoms with van der Waals surface area (Å²) in [6, 6.07) is 7.59. The molecule has 1 aliphatic heterocycles. The summed E-state index contributed by atoms with van der Waals surface area (Å²) < 4.78 is 29.8. The van der Waals surface area contributed by atoms with E-state index in [1.807, 2.05) is 6.07 Å². The second kappa shape index (κ2) is 8.22. The maximum Gasteiger partial charge on any atom is 0.257 e. The van der Waals surface area contributed by atoms with Crippen molar-refractivity contribution in [1.29, 1.82) is 0 Å². The molecule has 1 aromatic carbocycles. The Hall–Kier alpha value is -3.29. The van der Waals surface area contributed by atoms with Gasteiger partial charge in [-0.05, 0) is 36.1 Å². The van der Waals surface area contributed by atoms with E-state index < -0.39 is 5.82 Å². The molecular weight excluding hydrogens is 388 g/mol. The SMILES string of the molecule is CC1CN(C(=O)c2cc(F)c(-c3cnn(C)c3)nc2NCCc2cccc(F)c2)C1. The predicted octanol–water partition coefficient (Wildman–Crippen LogP) is 3.51. The van der Waals surface area contributed by atoms with Gasteiger partial charge in [0, 0.05) is 38.4 Å². The summed E-state index contributed by atoms with van der Waals surface area (Å²) in [5, 5.41) is 7.21. The lowest BCUT2D eigenvalue weighted by molar-refractivity contribution is 0.0530. The van der Waals surface area contributed by atoms with Gasteiger partial charge in [-0.3, -0.25) is 9.48 Å². The standard InChI is InChI=1S/C22H23F2N5O/c1-14-11-29(12-14)22(30)18-9-19(24)20(16-10-26-28(2)13-16)27-21(18)25-7-6-15-4-3-5-17(23)8-15/h3-5,8-10,13-14H,6-7,11-12H2,1-2H3,(H,25,27). The first-order valence-corrected chi connectivity index (χ1v) is 9.88. The Kier molecular flexibility index (Phi) is 5.48. The van der Waals surface area contributed by atoms with Gasteiger partial charge >= 0.3 is 0 Å². The van der Waals surface area contributed by atoms with Gasteiger partial charge in [0.25, 0.3) is 5.91 Å². The molecule has 156 valence electrons. The monoisotopic (exact) mass is 411 g/mol. The number of carbonyl (C=O) groups is 1. The zero-order chi connectivity index (χ0) is 21.3. The van der Waals surface area contributed by atoms with Crippen molar-refractivity contribution >= 4 is 11.7 Å². The molecule has 3 aromatic rings. The lowest BCUT2D eigenvalue weighted by Crippen LogP contribution is -2.48. The number of hydrogen-bond acceptors (Lipinski definition) is 4. The maximum atomic E-state index is 14.8. The number of likely N-dealkylation sites (tertiary alicyclic amines) is 1. The predicted molar refractivity (Wildman–Crippen MR) is 110 cm³/mol. The minimum Gasteiger partial charge on any atom is -0.369 e. The quantitative estimate of drug-likeness (QED) is 0.674. The van der Waals surface area contributed by atoms with Crippen molar-refractivity contribution in [2.45, 2.75) is 13.3 Å². The topological polar surface area (TPSA) is 63.1 Å². The van der Waals surface area contributed by atoms with E-state index in [2.05, 4.69) is 22.3 Å². The van der Waals surface area contributed by atoms with Crippen molar-refractivity contribution in [3.63, 3.8) is 0 Å². The largest absolute Gasteiger partial charge is 0.369 e. The number of nitrogens with one attached hydrogen (secondary N) is 1. The second-order valence-corrected chi connectivity index (χ2v) is 7.74. The maximum absolute atomic E-state index is 14.8. The number of pyridine rings is 1. The first kappa shape index (κ1) is 20.0. The van der Waals surface area contributed by atoms with Crippen LogP contribution in [-0.2, 0) is 13.5 Å². The molecule has 8 heteroatoms. The number of aromatic nitrogens is 3. The van der Waals surface area contributed by atoms with E-state index in [-0.39, 0.29) is 23.0 Å². The highest BCUT2D eigenvalue weighted by Crippen LogP contribution is 2.28. The first-order chi connectivity index (χ1) is 14.4. The Bertz CT molecular complexity index is 1080. The van der Waals surface area contributed by atoms with Crippen molar-refractivity contribution in [3.8, 4) is 11.3 Å². The van der Waals surface area contributed by atoms with Crippen LogP contribution in [0.15, 0.2) is 42.7 Å². The van der Waals surface area contributed by atoms with E-state index in [9.17, 15) is 13.6 Å². The summed E-state index contributed by atoms with van der Waals surface area (Å²) in [5.74, 6) is -0.364. The zero-order valence-corrected chi connectivity index (χ0v) is 16.9. The Balaban J connectivity index is 1.61. The number of nitrogens with zero attached hydrogens (tertiary/aromatic N) is 4. The fourth-order valence-corrected chi connectivity index (χ4v) is 3.59. The summed E-state index contributed by atoms with van der Waals surface area (Å²) in [7, 11) is 1.74. The van der Waals surface area contributed by atoms with Gasteiger partial charge in [0.05, 0.1) is 11.8 Å². The highest BCUT2D eigenvalue weighted by atomic mass is 19.1. The molecule has 0 aliphatic carbocycles. The lowest BCUT2D eigenvalue weighted by Gasteiger charge is -2.37. The minimum absolute atomic E-state index is 0.130. The molecule has 0 unspecified atom stereocenters. The molecule has 0 atom stereocenters. The van der Waals surface area contributed by atoms with E-state index in [1.165, 1.54) is 24.4 Å². The number of carbonyl (C=O) groups excluding carboxylic acids is 1. The molecule has 1 amide bonds. The highest BCUT2D eigenvalue weighted by Gasteiger charge is 2.30. The van der Waals surface area contributed by atoms with Gasteiger partial charge in [0.2, 0.25) is 0 Å². The molecule has 1 fully saturated rings. The van der Waals surface area contributed by atoms with Crippen LogP contribution in [0.1, 0.15) is 22.8 Å². The van der Waals surface area contributed by atoms with E-state index >= 15 is 0 Å². The van der Waals surface area contributed by atoms with Crippen molar-refractivity contribution < 1.29 is 13.6 Å². The Morgan fingerprint density at radius 3 is 2.73 bits per heavy atom. The summed E-state index contributed by atoms with van der Waals surface area (Å²) in [6.45, 7) is 3.78. The van der Waals surface area contributed by atoms with Crippen LogP contribution in [0.2, 0.25) is 0 Å². The van der Waals surface area contributed by atoms with Gasteiger partial charge in [0.1, 0.15) is 17.3 Å². The molecule has 0 saturated carbocycles. The molecule has 0 bridgehead atoms. The zero-order valence-electron chi connectivity index (χ0n) is 16.9. The number of hydrogen-bond donors (Lipinski definition) is 1. The van der Waals surface area contributed by atoms with Gasteiger partial charge in [-0.1, -0.05) is 19.1 Å². The molecule has 1 aliphatic rings. The Morgan fingerprint density at radius 2 is 2.07 bits per heavy atom. The van der Waals surface area contributed by atoms with Crippen molar-refractivity contribution in [2.75, 3.05) is 25.0 Å². The summed E-state index contributed by atoms with van der Waals surface area (Å²) in [6.07, 6.45) is 3.73. The van der Waals surface area contributed by atoms with Crippen LogP contribution in [-0.4, -0.2) is 45.2 Å². The van der Waals surface area contributed by atoms with Gasteiger partial charge < -0.3 is 10.2 Å². The Labute approximate surface area is 173 Å². The third-order valence-electron chi connectivity index (χ3n) is 5.13. The first-order valence-electron chi connectivity index (χ1n) is 9.88. The normalized spacial score (nSPS) is 13.9. The molecule has 1 saturated heterocycles. The fourth-order valence-electron chi connectivity index (χ4n) is 3.59. The summed E-state index contributed by atoms with van der Waals surface area (Å²) in [4.78, 5) is 19.0. The van der Waals surface area contributed by atoms with Crippen LogP contribution in [0.25, 0.3) is 11.3 Å². The molecular formula is C22H23F2N5O. The fraction of sp³-hybridized carbons (Fsp3) is 0.318. The number of rotatable bonds is 6. The van der Waals surface area contributed by atoms with E-state index in [0.717, 1.165) is 5.56 Å². The molecule has 0 radical (unpaired) electrons. The average Bonchev–Trinajstić information content (AvgIpc) is 3.12. The van der Waals surface area contributed by atoms with Crippen LogP contribution >= 0.6 is 0 Å². The third kappa shape index (κ3) is 4.17. The van der Waals surface area contributed by atoms with Crippen LogP contribution in [0.4, 0.5) is 14.6 Å². The van der Waals surface area contributed by atoms with Crippen molar-refractivity contribution in [2.24, 2.45) is 13.0 Å². The van der Waals surface area contributed by atoms with E-state index in [4.69, 9.17) is 0 Å². The van der Waals surface area contributed by atoms with Crippen LogP contribution in [0.3, 0.4) is 0 Å². The second-order valence-electron chi connectivity index (χ2n) is 7.74. The Morgan fingerprint density at radius 1 is 1.27 bits per heavy atom. The smallest absolute Gasteiger partial charge is 0.257 e. The number of anilines is 1. The van der Waals surface area contributed by atoms with Gasteiger partial charge in [-0.15, -0.1) is 0 Å². The molecule has 0 spiro atoms. The number of benzene rings is 1. The molecule has 30 heavy (non-hydrogen) atoms. The van der Waals surface area contributed by atoms with Gasteiger partial charge in [-0.2, -0.15) is 5.10 Å². The summed E-state index contributed by atoms with van der Waals surface area (Å²) >= 11 is 0. The van der Waals surface area contributed by atoms with Gasteiger partial charge in [0.15, 0.2) is 5.82 Å². The molecule has 1 N–H and O–H groups in total. The molecule has 3 heterocycles. The minimum atomic E-state index is -0.574. The molecule has 4 rings (SSSR count). The van der Waals surface area contributed by atoms with Crippen molar-refractivity contribution in [3.05, 3.63) is 65.5 Å². The summed E-state index contributed by atoms with van der Waals surface area (Å²) in [5.41, 5.74) is 1.68. The molecule has 2 aromatic heterocycles. The number of amides is 1.